The standard InChI is InChI=1S/C14H19NO4/c1-4-17-12(16)6-5-10-7-11(15-3)14-13(9(10)2)18-8-19-14/h7,15H,4-6,8H2,1-3H3. The number of esters is 1. The Morgan fingerprint density at radius 2 is 2.16 bits per heavy atom. The van der Waals surface area contributed by atoms with E-state index in [1.165, 1.54) is 0 Å². The Morgan fingerprint density at radius 1 is 1.42 bits per heavy atom. The number of carbonyl (C=O) groups excluding carboxylic acids is 1. The summed E-state index contributed by atoms with van der Waals surface area (Å²) >= 11 is 0. The highest BCUT2D eigenvalue weighted by atomic mass is 16.7. The van der Waals surface area contributed by atoms with E-state index in [2.05, 4.69) is 5.32 Å². The Balaban J connectivity index is 2.19. The number of hydrogen-bond acceptors (Lipinski definition) is 5. The molecule has 104 valence electrons. The van der Waals surface area contributed by atoms with Gasteiger partial charge in [-0.15, -0.1) is 0 Å². The van der Waals surface area contributed by atoms with Crippen LogP contribution in [0.5, 0.6) is 11.5 Å². The van der Waals surface area contributed by atoms with Crippen LogP contribution in [-0.2, 0) is 16.0 Å². The molecule has 1 heterocycles. The van der Waals surface area contributed by atoms with Crippen molar-refractivity contribution in [3.63, 3.8) is 0 Å². The maximum atomic E-state index is 11.4. The van der Waals surface area contributed by atoms with Gasteiger partial charge in [0, 0.05) is 13.5 Å². The van der Waals surface area contributed by atoms with Crippen LogP contribution in [0, 0.1) is 6.92 Å². The molecule has 0 saturated heterocycles. The molecule has 0 amide bonds. The molecule has 5 heteroatoms. The van der Waals surface area contributed by atoms with Crippen molar-refractivity contribution in [3.05, 3.63) is 17.2 Å². The van der Waals surface area contributed by atoms with Gasteiger partial charge >= 0.3 is 5.97 Å². The molecule has 5 nitrogen and oxygen atoms in total. The Morgan fingerprint density at radius 3 is 2.84 bits per heavy atom. The van der Waals surface area contributed by atoms with Gasteiger partial charge in [0.2, 0.25) is 6.79 Å². The van der Waals surface area contributed by atoms with Crippen molar-refractivity contribution < 1.29 is 19.0 Å². The van der Waals surface area contributed by atoms with Gasteiger partial charge in [0.15, 0.2) is 11.5 Å². The zero-order valence-corrected chi connectivity index (χ0v) is 11.5. The predicted molar refractivity (Wildman–Crippen MR) is 71.8 cm³/mol. The maximum absolute atomic E-state index is 11.4. The first-order valence-electron chi connectivity index (χ1n) is 6.42. The largest absolute Gasteiger partial charge is 0.466 e. The average Bonchev–Trinajstić information content (AvgIpc) is 2.88. The normalized spacial score (nSPS) is 12.4. The van der Waals surface area contributed by atoms with Crippen LogP contribution in [-0.4, -0.2) is 26.4 Å². The SMILES string of the molecule is CCOC(=O)CCc1cc(NC)c2c(c1C)OCO2. The number of aryl methyl sites for hydroxylation is 1. The van der Waals surface area contributed by atoms with Gasteiger partial charge in [-0.05, 0) is 37.5 Å². The molecule has 0 aliphatic carbocycles. The van der Waals surface area contributed by atoms with E-state index >= 15 is 0 Å². The third-order valence-electron chi connectivity index (χ3n) is 3.17. The molecule has 1 aliphatic heterocycles. The van der Waals surface area contributed by atoms with E-state index < -0.39 is 0 Å². The molecule has 0 radical (unpaired) electrons. The van der Waals surface area contributed by atoms with Crippen LogP contribution >= 0.6 is 0 Å². The van der Waals surface area contributed by atoms with Gasteiger partial charge in [-0.1, -0.05) is 0 Å². The molecule has 0 aromatic heterocycles. The molecule has 0 spiro atoms. The van der Waals surface area contributed by atoms with E-state index in [4.69, 9.17) is 14.2 Å². The third-order valence-corrected chi connectivity index (χ3v) is 3.17. The van der Waals surface area contributed by atoms with Crippen LogP contribution in [0.25, 0.3) is 0 Å². The first-order valence-corrected chi connectivity index (χ1v) is 6.42. The van der Waals surface area contributed by atoms with Crippen molar-refractivity contribution in [2.24, 2.45) is 0 Å². The molecule has 1 N–H and O–H groups in total. The summed E-state index contributed by atoms with van der Waals surface area (Å²) in [6, 6.07) is 2.00. The topological polar surface area (TPSA) is 56.8 Å². The van der Waals surface area contributed by atoms with Gasteiger partial charge in [0.1, 0.15) is 0 Å². The molecule has 0 atom stereocenters. The summed E-state index contributed by atoms with van der Waals surface area (Å²) in [5, 5.41) is 3.09. The summed E-state index contributed by atoms with van der Waals surface area (Å²) in [5.74, 6) is 1.34. The van der Waals surface area contributed by atoms with Gasteiger partial charge in [0.25, 0.3) is 0 Å². The molecule has 1 aliphatic rings. The fraction of sp³-hybridized carbons (Fsp3) is 0.500. The summed E-state index contributed by atoms with van der Waals surface area (Å²) in [5.41, 5.74) is 2.98. The van der Waals surface area contributed by atoms with Crippen molar-refractivity contribution in [2.75, 3.05) is 25.8 Å². The molecule has 2 rings (SSSR count). The quantitative estimate of drug-likeness (QED) is 0.828. The Kier molecular flexibility index (Phi) is 4.14. The maximum Gasteiger partial charge on any atom is 0.306 e. The Bertz CT molecular complexity index is 485. The van der Waals surface area contributed by atoms with E-state index in [1.54, 1.807) is 0 Å². The number of rotatable bonds is 5. The zero-order chi connectivity index (χ0) is 13.8. The highest BCUT2D eigenvalue weighted by Gasteiger charge is 2.22. The molecule has 0 unspecified atom stereocenters. The number of fused-ring (bicyclic) bond motifs is 1. The van der Waals surface area contributed by atoms with E-state index in [-0.39, 0.29) is 12.8 Å². The molecule has 1 aromatic carbocycles. The van der Waals surface area contributed by atoms with Crippen LogP contribution in [0.4, 0.5) is 5.69 Å². The first kappa shape index (κ1) is 13.5. The van der Waals surface area contributed by atoms with E-state index in [0.717, 1.165) is 28.3 Å². The van der Waals surface area contributed by atoms with Crippen LogP contribution < -0.4 is 14.8 Å². The van der Waals surface area contributed by atoms with Gasteiger partial charge in [-0.2, -0.15) is 0 Å². The summed E-state index contributed by atoms with van der Waals surface area (Å²) in [7, 11) is 1.84. The lowest BCUT2D eigenvalue weighted by atomic mass is 10.0. The molecular weight excluding hydrogens is 246 g/mol. The van der Waals surface area contributed by atoms with Gasteiger partial charge in [-0.3, -0.25) is 4.79 Å². The molecule has 1 aromatic rings. The van der Waals surface area contributed by atoms with Crippen molar-refractivity contribution in [1.82, 2.24) is 0 Å². The summed E-state index contributed by atoms with van der Waals surface area (Å²) in [6.45, 7) is 4.45. The number of hydrogen-bond donors (Lipinski definition) is 1. The molecule has 0 saturated carbocycles. The van der Waals surface area contributed by atoms with Crippen LogP contribution in [0.15, 0.2) is 6.07 Å². The second-order valence-corrected chi connectivity index (χ2v) is 4.33. The van der Waals surface area contributed by atoms with Crippen molar-refractivity contribution >= 4 is 11.7 Å². The third kappa shape index (κ3) is 2.75. The Hall–Kier alpha value is -1.91. The van der Waals surface area contributed by atoms with Crippen LogP contribution in [0.1, 0.15) is 24.5 Å². The van der Waals surface area contributed by atoms with Crippen molar-refractivity contribution in [2.45, 2.75) is 26.7 Å². The zero-order valence-electron chi connectivity index (χ0n) is 11.5. The first-order chi connectivity index (χ1) is 9.17. The number of benzene rings is 1. The summed E-state index contributed by atoms with van der Waals surface area (Å²) in [4.78, 5) is 11.4. The summed E-state index contributed by atoms with van der Waals surface area (Å²) in [6.07, 6.45) is 1.01. The van der Waals surface area contributed by atoms with Gasteiger partial charge < -0.3 is 19.5 Å². The van der Waals surface area contributed by atoms with Gasteiger partial charge in [0.05, 0.1) is 12.3 Å². The predicted octanol–water partition coefficient (Wildman–Crippen LogP) is 2.26. The van der Waals surface area contributed by atoms with E-state index in [1.807, 2.05) is 27.0 Å². The molecule has 0 bridgehead atoms. The monoisotopic (exact) mass is 265 g/mol. The number of nitrogens with one attached hydrogen (secondary N) is 1. The highest BCUT2D eigenvalue weighted by Crippen LogP contribution is 2.43. The minimum atomic E-state index is -0.175. The minimum Gasteiger partial charge on any atom is -0.466 e. The second-order valence-electron chi connectivity index (χ2n) is 4.33. The number of carbonyl (C=O) groups is 1. The number of ether oxygens (including phenoxy) is 3. The minimum absolute atomic E-state index is 0.175. The average molecular weight is 265 g/mol. The second kappa shape index (κ2) is 5.82. The lowest BCUT2D eigenvalue weighted by Crippen LogP contribution is -2.06. The lowest BCUT2D eigenvalue weighted by Gasteiger charge is -2.12. The molecule has 0 fully saturated rings. The van der Waals surface area contributed by atoms with Crippen molar-refractivity contribution in [3.8, 4) is 11.5 Å². The van der Waals surface area contributed by atoms with Crippen LogP contribution in [0.2, 0.25) is 0 Å². The van der Waals surface area contributed by atoms with Gasteiger partial charge in [-0.25, -0.2) is 0 Å². The smallest absolute Gasteiger partial charge is 0.306 e. The molecule has 19 heavy (non-hydrogen) atoms. The Labute approximate surface area is 112 Å². The fourth-order valence-electron chi connectivity index (χ4n) is 2.17. The summed E-state index contributed by atoms with van der Waals surface area (Å²) < 4.78 is 15.9. The highest BCUT2D eigenvalue weighted by molar-refractivity contribution is 5.72. The fourth-order valence-corrected chi connectivity index (χ4v) is 2.17. The lowest BCUT2D eigenvalue weighted by molar-refractivity contribution is -0.143. The van der Waals surface area contributed by atoms with E-state index in [0.29, 0.717) is 19.4 Å². The van der Waals surface area contributed by atoms with Crippen molar-refractivity contribution in [1.29, 1.82) is 0 Å². The molecular formula is C14H19NO4. The van der Waals surface area contributed by atoms with E-state index in [9.17, 15) is 4.79 Å². The number of anilines is 1. The van der Waals surface area contributed by atoms with Crippen LogP contribution in [0.3, 0.4) is 0 Å².